The number of esters is 1. The lowest BCUT2D eigenvalue weighted by Gasteiger charge is -2.23. The second kappa shape index (κ2) is 9.55. The van der Waals surface area contributed by atoms with Crippen molar-refractivity contribution in [2.24, 2.45) is 4.99 Å². The number of hydrogen-bond donors (Lipinski definition) is 1. The van der Waals surface area contributed by atoms with Crippen molar-refractivity contribution in [2.75, 3.05) is 13.2 Å². The van der Waals surface area contributed by atoms with Gasteiger partial charge in [-0.3, -0.25) is 9.36 Å². The molecular weight excluding hydrogens is 464 g/mol. The van der Waals surface area contributed by atoms with Crippen LogP contribution < -0.4 is 19.6 Å². The van der Waals surface area contributed by atoms with Crippen LogP contribution >= 0.6 is 22.7 Å². The van der Waals surface area contributed by atoms with E-state index in [1.54, 1.807) is 44.2 Å². The molecule has 0 spiro atoms. The smallest absolute Gasteiger partial charge is 0.341 e. The first-order valence-corrected chi connectivity index (χ1v) is 11.8. The van der Waals surface area contributed by atoms with E-state index in [2.05, 4.69) is 4.99 Å². The van der Waals surface area contributed by atoms with E-state index in [0.717, 1.165) is 4.88 Å². The van der Waals surface area contributed by atoms with Crippen molar-refractivity contribution in [3.05, 3.63) is 83.2 Å². The molecule has 1 N–H and O–H groups in total. The first kappa shape index (κ1) is 22.7. The third-order valence-corrected chi connectivity index (χ3v) is 6.76. The molecule has 1 aliphatic rings. The summed E-state index contributed by atoms with van der Waals surface area (Å²) in [6.07, 6.45) is 1.70. The molecular formula is C23H20N2O6S2. The van der Waals surface area contributed by atoms with Crippen LogP contribution in [0.3, 0.4) is 0 Å². The van der Waals surface area contributed by atoms with Gasteiger partial charge in [-0.1, -0.05) is 29.5 Å². The van der Waals surface area contributed by atoms with E-state index in [-0.39, 0.29) is 12.2 Å². The van der Waals surface area contributed by atoms with Crippen LogP contribution in [-0.2, 0) is 14.3 Å². The maximum atomic E-state index is 13.5. The normalized spacial score (nSPS) is 15.7. The van der Waals surface area contributed by atoms with Gasteiger partial charge < -0.3 is 14.6 Å². The van der Waals surface area contributed by atoms with Crippen molar-refractivity contribution in [3.63, 3.8) is 0 Å². The molecule has 2 aromatic heterocycles. The van der Waals surface area contributed by atoms with Gasteiger partial charge in [-0.25, -0.2) is 14.6 Å². The molecule has 0 saturated heterocycles. The maximum Gasteiger partial charge on any atom is 0.341 e. The lowest BCUT2D eigenvalue weighted by Crippen LogP contribution is -2.39. The van der Waals surface area contributed by atoms with E-state index in [1.807, 2.05) is 17.5 Å². The van der Waals surface area contributed by atoms with Gasteiger partial charge in [-0.15, -0.1) is 11.3 Å². The number of fused-ring (bicyclic) bond motifs is 1. The molecule has 1 atom stereocenters. The number of nitrogens with zero attached hydrogens (tertiary/aromatic N) is 2. The predicted octanol–water partition coefficient (Wildman–Crippen LogP) is 2.32. The first-order chi connectivity index (χ1) is 15.9. The van der Waals surface area contributed by atoms with E-state index in [9.17, 15) is 14.4 Å². The van der Waals surface area contributed by atoms with Crippen molar-refractivity contribution >= 4 is 40.7 Å². The molecule has 0 fully saturated rings. The molecule has 0 amide bonds. The topological polar surface area (TPSA) is 107 Å². The van der Waals surface area contributed by atoms with Crippen LogP contribution in [0.2, 0.25) is 0 Å². The maximum absolute atomic E-state index is 13.5. The molecule has 0 saturated carbocycles. The third kappa shape index (κ3) is 4.67. The summed E-state index contributed by atoms with van der Waals surface area (Å²) >= 11 is 2.68. The highest BCUT2D eigenvalue weighted by Crippen LogP contribution is 2.33. The highest BCUT2D eigenvalue weighted by Gasteiger charge is 2.33. The van der Waals surface area contributed by atoms with Gasteiger partial charge in [-0.2, -0.15) is 0 Å². The van der Waals surface area contributed by atoms with Crippen molar-refractivity contribution in [2.45, 2.75) is 19.9 Å². The Hall–Kier alpha value is -3.50. The zero-order chi connectivity index (χ0) is 23.5. The summed E-state index contributed by atoms with van der Waals surface area (Å²) in [6.45, 7) is 3.24. The van der Waals surface area contributed by atoms with E-state index in [4.69, 9.17) is 14.6 Å². The monoisotopic (exact) mass is 484 g/mol. The second-order valence-corrected chi connectivity index (χ2v) is 9.06. The van der Waals surface area contributed by atoms with Gasteiger partial charge in [0.25, 0.3) is 5.56 Å². The highest BCUT2D eigenvalue weighted by molar-refractivity contribution is 7.10. The number of carboxylic acids is 1. The van der Waals surface area contributed by atoms with Crippen molar-refractivity contribution < 1.29 is 24.2 Å². The number of aromatic nitrogens is 1. The molecule has 0 aliphatic carbocycles. The Morgan fingerprint density at radius 3 is 2.79 bits per heavy atom. The Labute approximate surface area is 196 Å². The number of ether oxygens (including phenoxy) is 2. The lowest BCUT2D eigenvalue weighted by atomic mass is 10.0. The predicted molar refractivity (Wildman–Crippen MR) is 124 cm³/mol. The molecule has 8 nitrogen and oxygen atoms in total. The largest absolute Gasteiger partial charge is 0.482 e. The fourth-order valence-electron chi connectivity index (χ4n) is 3.50. The number of carboxylic acid groups (broad SMARTS) is 1. The molecule has 0 unspecified atom stereocenters. The van der Waals surface area contributed by atoms with Crippen LogP contribution in [0.25, 0.3) is 6.08 Å². The number of thiazole rings is 1. The van der Waals surface area contributed by atoms with Gasteiger partial charge in [0.1, 0.15) is 11.8 Å². The molecule has 33 heavy (non-hydrogen) atoms. The SMILES string of the molecule is CCOC(=O)C1=C(C)N=c2s/c(=C\c3cccc(OCC(=O)O)c3)c(=O)n2[C@@H]1c1cccs1. The highest BCUT2D eigenvalue weighted by atomic mass is 32.1. The van der Waals surface area contributed by atoms with Crippen LogP contribution in [0.4, 0.5) is 0 Å². The van der Waals surface area contributed by atoms with Crippen molar-refractivity contribution in [3.8, 4) is 5.75 Å². The van der Waals surface area contributed by atoms with Crippen LogP contribution in [0.5, 0.6) is 5.75 Å². The summed E-state index contributed by atoms with van der Waals surface area (Å²) in [4.78, 5) is 42.8. The van der Waals surface area contributed by atoms with Crippen molar-refractivity contribution in [1.29, 1.82) is 0 Å². The molecule has 0 radical (unpaired) electrons. The second-order valence-electron chi connectivity index (χ2n) is 7.07. The number of carbonyl (C=O) groups is 2. The van der Waals surface area contributed by atoms with Crippen LogP contribution in [0.1, 0.15) is 30.3 Å². The molecule has 3 heterocycles. The number of rotatable bonds is 7. The summed E-state index contributed by atoms with van der Waals surface area (Å²) in [5.74, 6) is -1.18. The minimum absolute atomic E-state index is 0.220. The Bertz CT molecular complexity index is 1420. The number of benzene rings is 1. The van der Waals surface area contributed by atoms with E-state index < -0.39 is 24.6 Å². The molecule has 4 rings (SSSR count). The lowest BCUT2D eigenvalue weighted by molar-refractivity contribution is -0.140. The van der Waals surface area contributed by atoms with Gasteiger partial charge in [0.05, 0.1) is 22.4 Å². The molecule has 10 heteroatoms. The minimum Gasteiger partial charge on any atom is -0.482 e. The molecule has 170 valence electrons. The average Bonchev–Trinajstić information content (AvgIpc) is 3.41. The number of aliphatic carboxylic acids is 1. The first-order valence-electron chi connectivity index (χ1n) is 10.1. The number of allylic oxidation sites excluding steroid dienone is 1. The molecule has 0 bridgehead atoms. The van der Waals surface area contributed by atoms with E-state index in [0.29, 0.717) is 31.9 Å². The van der Waals surface area contributed by atoms with Crippen molar-refractivity contribution in [1.82, 2.24) is 4.57 Å². The Kier molecular flexibility index (Phi) is 6.57. The van der Waals surface area contributed by atoms with Crippen LogP contribution in [0.15, 0.2) is 62.8 Å². The molecule has 1 aromatic carbocycles. The number of hydrogen-bond acceptors (Lipinski definition) is 8. The number of thiophene rings is 1. The number of carbonyl (C=O) groups excluding carboxylic acids is 1. The molecule has 3 aromatic rings. The summed E-state index contributed by atoms with van der Waals surface area (Å²) in [5, 5.41) is 10.7. The summed E-state index contributed by atoms with van der Waals surface area (Å²) in [5.41, 5.74) is 1.27. The Morgan fingerprint density at radius 2 is 2.09 bits per heavy atom. The minimum atomic E-state index is -1.07. The zero-order valence-corrected chi connectivity index (χ0v) is 19.4. The summed E-state index contributed by atoms with van der Waals surface area (Å²) in [6, 6.07) is 9.95. The van der Waals surface area contributed by atoms with Gasteiger partial charge >= 0.3 is 11.9 Å². The van der Waals surface area contributed by atoms with Crippen LogP contribution in [0, 0.1) is 0 Å². The summed E-state index contributed by atoms with van der Waals surface area (Å²) < 4.78 is 12.5. The third-order valence-electron chi connectivity index (χ3n) is 4.85. The van der Waals surface area contributed by atoms with Gasteiger partial charge in [0, 0.05) is 4.88 Å². The summed E-state index contributed by atoms with van der Waals surface area (Å²) in [7, 11) is 0. The molecule has 1 aliphatic heterocycles. The Morgan fingerprint density at radius 1 is 1.27 bits per heavy atom. The van der Waals surface area contributed by atoms with E-state index in [1.165, 1.54) is 27.2 Å². The van der Waals surface area contributed by atoms with E-state index >= 15 is 0 Å². The fourth-order valence-corrected chi connectivity index (χ4v) is 5.37. The van der Waals surface area contributed by atoms with Gasteiger partial charge in [0.15, 0.2) is 11.4 Å². The van der Waals surface area contributed by atoms with Crippen LogP contribution in [-0.4, -0.2) is 34.8 Å². The Balaban J connectivity index is 1.83. The standard InChI is InChI=1S/C23H20N2O6S2/c1-3-30-22(29)19-13(2)24-23-25(20(19)16-8-5-9-32-16)21(28)17(33-23)11-14-6-4-7-15(10-14)31-12-18(26)27/h4-11,20H,3,12H2,1-2H3,(H,26,27)/b17-11-/t20-/m1/s1. The van der Waals surface area contributed by atoms with Gasteiger partial charge in [0.2, 0.25) is 0 Å². The average molecular weight is 485 g/mol. The van der Waals surface area contributed by atoms with Gasteiger partial charge in [-0.05, 0) is 49.1 Å². The zero-order valence-electron chi connectivity index (χ0n) is 17.8. The fraction of sp³-hybridized carbons (Fsp3) is 0.217. The quantitative estimate of drug-likeness (QED) is 0.516.